The molecule has 1 amide bonds. The van der Waals surface area contributed by atoms with Gasteiger partial charge in [-0.25, -0.2) is 4.99 Å². The molecule has 0 saturated carbocycles. The second-order valence-electron chi connectivity index (χ2n) is 8.71. The molecule has 10 nitrogen and oxygen atoms in total. The van der Waals surface area contributed by atoms with Crippen LogP contribution >= 0.6 is 0 Å². The van der Waals surface area contributed by atoms with Crippen molar-refractivity contribution in [2.24, 2.45) is 27.2 Å². The maximum Gasteiger partial charge on any atom is 0.223 e. The first-order valence-electron chi connectivity index (χ1n) is 12.5. The molecule has 0 radical (unpaired) electrons. The molecule has 0 unspecified atom stereocenters. The van der Waals surface area contributed by atoms with Crippen LogP contribution < -0.4 is 22.5 Å². The quantitative estimate of drug-likeness (QED) is 0.191. The number of amides is 1. The Balaban J connectivity index is 0.00000125. The minimum Gasteiger partial charge on any atom is -0.372 e. The number of primary amides is 1. The summed E-state index contributed by atoms with van der Waals surface area (Å²) in [5.41, 5.74) is 21.4. The summed E-state index contributed by atoms with van der Waals surface area (Å²) in [4.78, 5) is 30.4. The third kappa shape index (κ3) is 16.2. The summed E-state index contributed by atoms with van der Waals surface area (Å²) < 4.78 is 0. The zero-order valence-corrected chi connectivity index (χ0v) is 23.8. The fourth-order valence-corrected chi connectivity index (χ4v) is 3.16. The fraction of sp³-hybridized carbons (Fsp3) is 0.310. The summed E-state index contributed by atoms with van der Waals surface area (Å²) in [6.07, 6.45) is 5.59. The Morgan fingerprint density at radius 1 is 1.08 bits per heavy atom. The number of aliphatic imine (C=N–C) groups is 2. The average Bonchev–Trinajstić information content (AvgIpc) is 3.32. The second-order valence-corrected chi connectivity index (χ2v) is 8.71. The van der Waals surface area contributed by atoms with Crippen molar-refractivity contribution in [3.8, 4) is 0 Å². The number of nitrogens with zero attached hydrogens (tertiary/aromatic N) is 4. The standard InChI is InChI=1S/C22H29N7.C3H4O.C3H8.CH3NO/c1-28(2)14-16-4-8-19(9-5-16)25-21(23)27-22(24)26-20-10-6-17(7-11-20)18-12-13-29(3)15-18;1-2-3-4;1-3-2;2-1-3/h4-12H,13-15H2,1-3H3,(H5,23,24,25,26,27);2-3H,1H2;3H2,1-2H3;1H,(H2,2,3). The van der Waals surface area contributed by atoms with Gasteiger partial charge in [-0.3, -0.25) is 14.5 Å². The van der Waals surface area contributed by atoms with Gasteiger partial charge in [-0.15, -0.1) is 0 Å². The van der Waals surface area contributed by atoms with Crippen molar-refractivity contribution in [1.29, 1.82) is 0 Å². The number of rotatable bonds is 6. The highest BCUT2D eigenvalue weighted by Gasteiger charge is 2.11. The van der Waals surface area contributed by atoms with E-state index in [4.69, 9.17) is 21.1 Å². The molecule has 0 aromatic heterocycles. The molecule has 3 rings (SSSR count). The van der Waals surface area contributed by atoms with E-state index < -0.39 is 0 Å². The molecule has 0 saturated heterocycles. The van der Waals surface area contributed by atoms with E-state index in [-0.39, 0.29) is 18.3 Å². The number of hydrogen-bond acceptors (Lipinski definition) is 5. The van der Waals surface area contributed by atoms with Gasteiger partial charge in [0.2, 0.25) is 18.3 Å². The summed E-state index contributed by atoms with van der Waals surface area (Å²) in [7, 11) is 6.18. The Kier molecular flexibility index (Phi) is 18.5. The number of carbonyl (C=O) groups is 2. The van der Waals surface area contributed by atoms with Gasteiger partial charge in [-0.2, -0.15) is 4.99 Å². The predicted octanol–water partition coefficient (Wildman–Crippen LogP) is 3.34. The van der Waals surface area contributed by atoms with Crippen LogP contribution in [0.5, 0.6) is 0 Å². The number of guanidine groups is 2. The van der Waals surface area contributed by atoms with Gasteiger partial charge in [0.1, 0.15) is 6.29 Å². The van der Waals surface area contributed by atoms with Gasteiger partial charge >= 0.3 is 0 Å². The molecule has 2 aromatic rings. The number of aldehydes is 1. The molecule has 1 heterocycles. The Bertz CT molecular complexity index is 1070. The van der Waals surface area contributed by atoms with Crippen LogP contribution in [0.25, 0.3) is 5.57 Å². The number of carbonyl (C=O) groups excluding carboxylic acids is 2. The normalized spacial score (nSPS) is 12.9. The van der Waals surface area contributed by atoms with Gasteiger partial charge in [-0.1, -0.05) is 57.2 Å². The lowest BCUT2D eigenvalue weighted by Gasteiger charge is -2.10. The molecule has 10 heteroatoms. The summed E-state index contributed by atoms with van der Waals surface area (Å²) >= 11 is 0. The van der Waals surface area contributed by atoms with Crippen molar-refractivity contribution < 1.29 is 9.59 Å². The Morgan fingerprint density at radius 3 is 2.05 bits per heavy atom. The molecule has 0 fully saturated rings. The third-order valence-corrected chi connectivity index (χ3v) is 4.63. The summed E-state index contributed by atoms with van der Waals surface area (Å²) in [6, 6.07) is 16.0. The van der Waals surface area contributed by atoms with E-state index in [2.05, 4.69) is 76.5 Å². The average molecular weight is 537 g/mol. The second kappa shape index (κ2) is 20.7. The molecule has 0 atom stereocenters. The molecular weight excluding hydrogens is 492 g/mol. The number of allylic oxidation sites excluding steroid dienone is 1. The zero-order valence-electron chi connectivity index (χ0n) is 23.8. The summed E-state index contributed by atoms with van der Waals surface area (Å²) in [6.45, 7) is 10.2. The largest absolute Gasteiger partial charge is 0.372 e. The molecule has 1 aliphatic heterocycles. The topological polar surface area (TPSA) is 155 Å². The van der Waals surface area contributed by atoms with Crippen molar-refractivity contribution in [3.05, 3.63) is 78.4 Å². The van der Waals surface area contributed by atoms with Gasteiger partial charge < -0.3 is 27.4 Å². The van der Waals surface area contributed by atoms with Crippen LogP contribution in [0, 0.1) is 0 Å². The number of benzene rings is 2. The molecule has 39 heavy (non-hydrogen) atoms. The zero-order chi connectivity index (χ0) is 29.6. The van der Waals surface area contributed by atoms with Crippen LogP contribution in [0.2, 0.25) is 0 Å². The van der Waals surface area contributed by atoms with Gasteiger partial charge in [0.25, 0.3) is 0 Å². The lowest BCUT2D eigenvalue weighted by Crippen LogP contribution is -2.26. The minimum absolute atomic E-state index is 0.103. The Hall–Kier alpha value is -4.28. The first-order chi connectivity index (χ1) is 18.6. The van der Waals surface area contributed by atoms with Crippen molar-refractivity contribution in [2.45, 2.75) is 26.8 Å². The van der Waals surface area contributed by atoms with Crippen molar-refractivity contribution >= 4 is 41.6 Å². The Labute approximate surface area is 233 Å². The molecule has 1 aliphatic rings. The van der Waals surface area contributed by atoms with Crippen LogP contribution in [0.4, 0.5) is 11.4 Å². The van der Waals surface area contributed by atoms with Crippen LogP contribution in [0.1, 0.15) is 31.4 Å². The predicted molar refractivity (Wildman–Crippen MR) is 165 cm³/mol. The van der Waals surface area contributed by atoms with Crippen molar-refractivity contribution in [2.75, 3.05) is 39.5 Å². The van der Waals surface area contributed by atoms with Gasteiger partial charge in [0.15, 0.2) is 0 Å². The van der Waals surface area contributed by atoms with Crippen molar-refractivity contribution in [3.63, 3.8) is 0 Å². The highest BCUT2D eigenvalue weighted by molar-refractivity contribution is 6.01. The smallest absolute Gasteiger partial charge is 0.223 e. The summed E-state index contributed by atoms with van der Waals surface area (Å²) in [5, 5.41) is 3.05. The summed E-state index contributed by atoms with van der Waals surface area (Å²) in [5.74, 6) is 0.300. The molecule has 0 bridgehead atoms. The lowest BCUT2D eigenvalue weighted by atomic mass is 10.1. The van der Waals surface area contributed by atoms with Gasteiger partial charge in [0.05, 0.1) is 5.69 Å². The number of nitrogens with one attached hydrogen (secondary N) is 1. The maximum atomic E-state index is 9.06. The van der Waals surface area contributed by atoms with Crippen LogP contribution in [-0.2, 0) is 16.1 Å². The number of nitrogens with two attached hydrogens (primary N) is 3. The molecular formula is C29H44N8O2. The van der Waals surface area contributed by atoms with E-state index in [1.807, 2.05) is 50.5 Å². The van der Waals surface area contributed by atoms with Crippen LogP contribution in [0.15, 0.2) is 77.2 Å². The van der Waals surface area contributed by atoms with Gasteiger partial charge in [-0.05, 0) is 68.2 Å². The van der Waals surface area contributed by atoms with E-state index >= 15 is 0 Å². The minimum atomic E-state index is 0.103. The fourth-order valence-electron chi connectivity index (χ4n) is 3.16. The Morgan fingerprint density at radius 2 is 1.62 bits per heavy atom. The molecule has 2 aromatic carbocycles. The van der Waals surface area contributed by atoms with E-state index in [1.54, 1.807) is 0 Å². The third-order valence-electron chi connectivity index (χ3n) is 4.63. The van der Waals surface area contributed by atoms with E-state index in [0.29, 0.717) is 6.29 Å². The molecule has 7 N–H and O–H groups in total. The van der Waals surface area contributed by atoms with Gasteiger partial charge in [0, 0.05) is 25.3 Å². The maximum absolute atomic E-state index is 9.06. The molecule has 212 valence electrons. The lowest BCUT2D eigenvalue weighted by molar-refractivity contribution is -0.107. The molecule has 0 aliphatic carbocycles. The number of likely N-dealkylation sites (N-methyl/N-ethyl adjacent to an activating group) is 1. The first kappa shape index (κ1) is 34.7. The van der Waals surface area contributed by atoms with E-state index in [9.17, 15) is 0 Å². The van der Waals surface area contributed by atoms with Crippen LogP contribution in [-0.4, -0.2) is 68.6 Å². The van der Waals surface area contributed by atoms with Crippen LogP contribution in [0.3, 0.4) is 0 Å². The highest BCUT2D eigenvalue weighted by atomic mass is 16.1. The highest BCUT2D eigenvalue weighted by Crippen LogP contribution is 2.21. The van der Waals surface area contributed by atoms with Crippen molar-refractivity contribution in [1.82, 2.24) is 9.80 Å². The molecule has 0 spiro atoms. The monoisotopic (exact) mass is 536 g/mol. The SMILES string of the molecule is C=CC=O.CCC.CN(C)Cc1ccc(N=C(N)/N=C(/N)Nc2ccc(C3=CCN(C)C3)cc2)cc1.NC=O. The number of anilines is 1. The van der Waals surface area contributed by atoms with E-state index in [0.717, 1.165) is 31.0 Å². The number of hydrogen-bond donors (Lipinski definition) is 4. The van der Waals surface area contributed by atoms with E-state index in [1.165, 1.54) is 29.2 Å². The first-order valence-corrected chi connectivity index (χ1v) is 12.5.